The number of aryl methyl sites for hydroxylation is 3. The molecule has 0 aliphatic carbocycles. The third-order valence-corrected chi connectivity index (χ3v) is 8.38. The van der Waals surface area contributed by atoms with E-state index in [9.17, 15) is 4.79 Å². The van der Waals surface area contributed by atoms with Crippen LogP contribution in [0.4, 0.5) is 10.7 Å². The zero-order valence-electron chi connectivity index (χ0n) is 26.1. The van der Waals surface area contributed by atoms with Gasteiger partial charge in [-0.15, -0.1) is 11.3 Å². The van der Waals surface area contributed by atoms with Crippen molar-refractivity contribution in [3.63, 3.8) is 0 Å². The van der Waals surface area contributed by atoms with Gasteiger partial charge in [-0.05, 0) is 88.1 Å². The molecule has 0 unspecified atom stereocenters. The van der Waals surface area contributed by atoms with E-state index < -0.39 is 5.60 Å². The van der Waals surface area contributed by atoms with Gasteiger partial charge in [0.15, 0.2) is 0 Å². The second-order valence-corrected chi connectivity index (χ2v) is 13.1. The minimum absolute atomic E-state index is 0.00850. The van der Waals surface area contributed by atoms with E-state index in [0.29, 0.717) is 30.6 Å². The summed E-state index contributed by atoms with van der Waals surface area (Å²) in [6.45, 7) is 8.89. The number of likely N-dealkylation sites (tertiary alicyclic amines) is 1. The van der Waals surface area contributed by atoms with Crippen LogP contribution in [0.2, 0.25) is 0 Å². The number of carbonyl (C=O) groups is 1. The summed E-state index contributed by atoms with van der Waals surface area (Å²) in [6, 6.07) is 16.3. The smallest absolute Gasteiger partial charge is 0.410 e. The quantitative estimate of drug-likeness (QED) is 0.187. The molecule has 232 valence electrons. The van der Waals surface area contributed by atoms with Gasteiger partial charge in [0, 0.05) is 42.3 Å². The number of thiazole rings is 1. The Morgan fingerprint density at radius 3 is 2.73 bits per heavy atom. The lowest BCUT2D eigenvalue weighted by Gasteiger charge is -2.34. The Kier molecular flexibility index (Phi) is 8.93. The topological polar surface area (TPSA) is 102 Å². The first kappa shape index (κ1) is 30.5. The molecule has 10 heteroatoms. The fourth-order valence-electron chi connectivity index (χ4n) is 5.59. The lowest BCUT2D eigenvalue weighted by atomic mass is 9.98. The summed E-state index contributed by atoms with van der Waals surface area (Å²) in [7, 11) is 0. The number of fused-ring (bicyclic) bond motifs is 1. The van der Waals surface area contributed by atoms with Crippen molar-refractivity contribution in [1.29, 1.82) is 0 Å². The minimum Gasteiger partial charge on any atom is -0.444 e. The maximum atomic E-state index is 12.7. The fourth-order valence-corrected chi connectivity index (χ4v) is 6.19. The van der Waals surface area contributed by atoms with Crippen molar-refractivity contribution in [3.05, 3.63) is 88.6 Å². The summed E-state index contributed by atoms with van der Waals surface area (Å²) in [5.41, 5.74) is 6.19. The van der Waals surface area contributed by atoms with Gasteiger partial charge < -0.3 is 19.7 Å². The Balaban J connectivity index is 1.22. The molecule has 1 fully saturated rings. The standard InChI is InChI=1S/C35H38N6O3S/c1-23-12-15-27-24(13-14-26-21-45-22-38-26)8-5-10-28(27)31(23)43-32-29(11-6-17-36-32)30-16-18-37-33(40-30)39-25-9-7-19-41(20-25)34(42)44-35(2,3)4/h5-6,8,10-12,15-18,21-22,25H,7,9,13-14,19-20H2,1-4H3,(H,37,39,40)/t25-/m0/s1. The number of hydrogen-bond acceptors (Lipinski definition) is 9. The van der Waals surface area contributed by atoms with Gasteiger partial charge in [0.1, 0.15) is 11.4 Å². The van der Waals surface area contributed by atoms with Crippen molar-refractivity contribution in [2.75, 3.05) is 18.4 Å². The minimum atomic E-state index is -0.535. The van der Waals surface area contributed by atoms with Crippen LogP contribution in [-0.2, 0) is 17.6 Å². The summed E-state index contributed by atoms with van der Waals surface area (Å²) >= 11 is 1.63. The zero-order valence-corrected chi connectivity index (χ0v) is 26.9. The molecule has 0 bridgehead atoms. The number of amides is 1. The molecule has 4 heterocycles. The Labute approximate surface area is 267 Å². The van der Waals surface area contributed by atoms with Crippen LogP contribution in [-0.4, -0.2) is 55.7 Å². The van der Waals surface area contributed by atoms with Gasteiger partial charge in [-0.2, -0.15) is 0 Å². The number of nitrogens with zero attached hydrogens (tertiary/aromatic N) is 5. The summed E-state index contributed by atoms with van der Waals surface area (Å²) in [4.78, 5) is 32.8. The van der Waals surface area contributed by atoms with Crippen molar-refractivity contribution >= 4 is 34.2 Å². The van der Waals surface area contributed by atoms with E-state index in [4.69, 9.17) is 14.5 Å². The maximum Gasteiger partial charge on any atom is 0.410 e. The van der Waals surface area contributed by atoms with Crippen molar-refractivity contribution in [1.82, 2.24) is 24.8 Å². The van der Waals surface area contributed by atoms with Crippen LogP contribution in [0.1, 0.15) is 50.4 Å². The number of nitrogens with one attached hydrogen (secondary N) is 1. The van der Waals surface area contributed by atoms with Crippen LogP contribution in [0.25, 0.3) is 22.0 Å². The molecule has 1 N–H and O–H groups in total. The van der Waals surface area contributed by atoms with Crippen LogP contribution in [0.15, 0.2) is 71.8 Å². The molecule has 0 radical (unpaired) electrons. The highest BCUT2D eigenvalue weighted by Crippen LogP contribution is 2.37. The van der Waals surface area contributed by atoms with E-state index in [2.05, 4.69) is 62.9 Å². The Hall–Kier alpha value is -4.57. The average Bonchev–Trinajstić information content (AvgIpc) is 3.55. The molecule has 1 saturated heterocycles. The van der Waals surface area contributed by atoms with Crippen LogP contribution in [0.5, 0.6) is 11.6 Å². The molecule has 1 aliphatic rings. The van der Waals surface area contributed by atoms with Crippen molar-refractivity contribution in [3.8, 4) is 22.9 Å². The van der Waals surface area contributed by atoms with Gasteiger partial charge >= 0.3 is 6.09 Å². The molecule has 1 amide bonds. The molecule has 2 aromatic carbocycles. The maximum absolute atomic E-state index is 12.7. The third-order valence-electron chi connectivity index (χ3n) is 7.74. The van der Waals surface area contributed by atoms with Crippen LogP contribution in [0, 0.1) is 6.92 Å². The molecule has 45 heavy (non-hydrogen) atoms. The fraction of sp³-hybridized carbons (Fsp3) is 0.343. The van der Waals surface area contributed by atoms with Gasteiger partial charge in [-0.25, -0.2) is 24.7 Å². The van der Waals surface area contributed by atoms with Crippen LogP contribution in [0.3, 0.4) is 0 Å². The number of anilines is 1. The Bertz CT molecular complexity index is 1790. The van der Waals surface area contributed by atoms with Gasteiger partial charge in [-0.1, -0.05) is 30.3 Å². The van der Waals surface area contributed by atoms with E-state index in [0.717, 1.165) is 59.0 Å². The van der Waals surface area contributed by atoms with Crippen molar-refractivity contribution < 1.29 is 14.3 Å². The van der Waals surface area contributed by atoms with Crippen LogP contribution >= 0.6 is 11.3 Å². The highest BCUT2D eigenvalue weighted by Gasteiger charge is 2.28. The molecule has 1 aliphatic heterocycles. The average molecular weight is 623 g/mol. The lowest BCUT2D eigenvalue weighted by molar-refractivity contribution is 0.0206. The summed E-state index contributed by atoms with van der Waals surface area (Å²) in [6.07, 6.45) is 6.72. The molecule has 6 rings (SSSR count). The molecule has 5 aromatic rings. The zero-order chi connectivity index (χ0) is 31.4. The van der Waals surface area contributed by atoms with E-state index in [-0.39, 0.29) is 12.1 Å². The highest BCUT2D eigenvalue weighted by molar-refractivity contribution is 7.07. The normalized spacial score (nSPS) is 15.2. The van der Waals surface area contributed by atoms with Gasteiger partial charge in [0.2, 0.25) is 11.8 Å². The number of rotatable bonds is 8. The summed E-state index contributed by atoms with van der Waals surface area (Å²) in [5, 5.41) is 7.74. The number of carbonyl (C=O) groups excluding carboxylic acids is 1. The number of benzene rings is 2. The molecule has 0 spiro atoms. The van der Waals surface area contributed by atoms with E-state index in [1.807, 2.05) is 44.5 Å². The van der Waals surface area contributed by atoms with Crippen molar-refractivity contribution in [2.24, 2.45) is 0 Å². The Morgan fingerprint density at radius 2 is 1.91 bits per heavy atom. The predicted octanol–water partition coefficient (Wildman–Crippen LogP) is 7.85. The number of pyridine rings is 1. The molecule has 9 nitrogen and oxygen atoms in total. The number of hydrogen-bond donors (Lipinski definition) is 1. The second kappa shape index (κ2) is 13.2. The first-order valence-electron chi connectivity index (χ1n) is 15.3. The second-order valence-electron chi connectivity index (χ2n) is 12.3. The lowest BCUT2D eigenvalue weighted by Crippen LogP contribution is -2.47. The first-order valence-corrected chi connectivity index (χ1v) is 16.3. The SMILES string of the molecule is Cc1ccc2c(CCc3cscn3)cccc2c1Oc1ncccc1-c1ccnc(N[C@H]2CCCN(C(=O)OC(C)(C)C)C2)n1. The monoisotopic (exact) mass is 622 g/mol. The predicted molar refractivity (Wildman–Crippen MR) is 178 cm³/mol. The molecular weight excluding hydrogens is 584 g/mol. The van der Waals surface area contributed by atoms with Gasteiger partial charge in [-0.3, -0.25) is 0 Å². The summed E-state index contributed by atoms with van der Waals surface area (Å²) in [5.74, 6) is 1.74. The van der Waals surface area contributed by atoms with Gasteiger partial charge in [0.05, 0.1) is 22.5 Å². The molecule has 0 saturated carbocycles. The Morgan fingerprint density at radius 1 is 1.02 bits per heavy atom. The molecule has 1 atom stereocenters. The highest BCUT2D eigenvalue weighted by atomic mass is 32.1. The third kappa shape index (κ3) is 7.39. The molecular formula is C35H38N6O3S. The van der Waals surface area contributed by atoms with E-state index in [1.54, 1.807) is 28.6 Å². The van der Waals surface area contributed by atoms with E-state index >= 15 is 0 Å². The van der Waals surface area contributed by atoms with Gasteiger partial charge in [0.25, 0.3) is 0 Å². The molecule has 3 aromatic heterocycles. The van der Waals surface area contributed by atoms with E-state index in [1.165, 1.54) is 5.56 Å². The largest absolute Gasteiger partial charge is 0.444 e. The summed E-state index contributed by atoms with van der Waals surface area (Å²) < 4.78 is 12.2. The van der Waals surface area contributed by atoms with Crippen molar-refractivity contribution in [2.45, 2.75) is 65.0 Å². The number of ether oxygens (including phenoxy) is 2. The first-order chi connectivity index (χ1) is 21.7. The number of piperidine rings is 1. The number of aromatic nitrogens is 4. The van der Waals surface area contributed by atoms with Crippen LogP contribution < -0.4 is 10.1 Å².